The predicted molar refractivity (Wildman–Crippen MR) is 142 cm³/mol. The summed E-state index contributed by atoms with van der Waals surface area (Å²) in [6.07, 6.45) is 2.13. The number of fused-ring (bicyclic) bond motifs is 1. The minimum atomic E-state index is -0.269. The van der Waals surface area contributed by atoms with Crippen molar-refractivity contribution < 1.29 is 14.3 Å². The van der Waals surface area contributed by atoms with Gasteiger partial charge >= 0.3 is 0 Å². The van der Waals surface area contributed by atoms with Crippen LogP contribution in [0.4, 0.5) is 0 Å². The molecule has 0 bridgehead atoms. The lowest BCUT2D eigenvalue weighted by atomic mass is 10.0. The Hall–Kier alpha value is -3.36. The zero-order valence-electron chi connectivity index (χ0n) is 21.4. The Morgan fingerprint density at radius 1 is 1.03 bits per heavy atom. The van der Waals surface area contributed by atoms with Crippen LogP contribution in [0.2, 0.25) is 0 Å². The van der Waals surface area contributed by atoms with E-state index in [9.17, 15) is 9.59 Å². The van der Waals surface area contributed by atoms with Gasteiger partial charge in [0.2, 0.25) is 0 Å². The number of carbonyl (C=O) groups excluding carboxylic acids is 1. The highest BCUT2D eigenvalue weighted by atomic mass is 16.5. The second-order valence-corrected chi connectivity index (χ2v) is 9.08. The van der Waals surface area contributed by atoms with Gasteiger partial charge in [0, 0.05) is 50.2 Å². The lowest BCUT2D eigenvalue weighted by Crippen LogP contribution is -2.43. The van der Waals surface area contributed by atoms with Crippen LogP contribution in [-0.2, 0) is 13.1 Å². The normalized spacial score (nSPS) is 14.6. The summed E-state index contributed by atoms with van der Waals surface area (Å²) in [7, 11) is 3.17. The number of aromatic nitrogens is 1. The van der Waals surface area contributed by atoms with Crippen LogP contribution in [-0.4, -0.2) is 61.8 Å². The molecular formula is C28H36N4O4. The minimum absolute atomic E-state index is 0.179. The molecule has 1 aromatic heterocycles. The SMILES string of the molecule is CCOc1ccc(CNC2CCN(CCn3c(=O)cc(C(=O)NC)c4ccc(OC)cc43)CC2)cc1. The first-order valence-electron chi connectivity index (χ1n) is 12.6. The number of likely N-dealkylation sites (tertiary alicyclic amines) is 1. The first kappa shape index (κ1) is 25.7. The largest absolute Gasteiger partial charge is 0.497 e. The quantitative estimate of drug-likeness (QED) is 0.453. The van der Waals surface area contributed by atoms with E-state index in [4.69, 9.17) is 9.47 Å². The lowest BCUT2D eigenvalue weighted by Gasteiger charge is -2.32. The molecule has 8 heteroatoms. The number of hydrogen-bond donors (Lipinski definition) is 2. The Bertz CT molecular complexity index is 1230. The number of carbonyl (C=O) groups is 1. The summed E-state index contributed by atoms with van der Waals surface area (Å²) < 4.78 is 12.6. The first-order valence-corrected chi connectivity index (χ1v) is 12.6. The number of piperidine rings is 1. The van der Waals surface area contributed by atoms with Crippen molar-refractivity contribution in [3.8, 4) is 11.5 Å². The van der Waals surface area contributed by atoms with E-state index in [0.717, 1.165) is 50.2 Å². The number of rotatable bonds is 10. The fraction of sp³-hybridized carbons (Fsp3) is 0.429. The Morgan fingerprint density at radius 3 is 2.42 bits per heavy atom. The van der Waals surface area contributed by atoms with Gasteiger partial charge in [0.1, 0.15) is 11.5 Å². The van der Waals surface area contributed by atoms with Gasteiger partial charge in [-0.3, -0.25) is 9.59 Å². The molecule has 1 fully saturated rings. The van der Waals surface area contributed by atoms with Crippen molar-refractivity contribution in [3.05, 3.63) is 70.0 Å². The fourth-order valence-corrected chi connectivity index (χ4v) is 4.78. The van der Waals surface area contributed by atoms with E-state index in [0.29, 0.717) is 36.0 Å². The fourth-order valence-electron chi connectivity index (χ4n) is 4.78. The molecule has 0 spiro atoms. The maximum atomic E-state index is 13.0. The van der Waals surface area contributed by atoms with E-state index in [-0.39, 0.29) is 11.5 Å². The van der Waals surface area contributed by atoms with Crippen molar-refractivity contribution in [3.63, 3.8) is 0 Å². The number of nitrogens with one attached hydrogen (secondary N) is 2. The van der Waals surface area contributed by atoms with E-state index in [1.807, 2.05) is 37.3 Å². The summed E-state index contributed by atoms with van der Waals surface area (Å²) >= 11 is 0. The molecule has 0 radical (unpaired) electrons. The number of methoxy groups -OCH3 is 1. The van der Waals surface area contributed by atoms with Crippen molar-refractivity contribution >= 4 is 16.8 Å². The smallest absolute Gasteiger partial charge is 0.251 e. The van der Waals surface area contributed by atoms with Crippen LogP contribution in [0.25, 0.3) is 10.9 Å². The van der Waals surface area contributed by atoms with Gasteiger partial charge in [-0.05, 0) is 62.7 Å². The number of benzene rings is 2. The summed E-state index contributed by atoms with van der Waals surface area (Å²) in [5.41, 5.74) is 2.17. The Labute approximate surface area is 212 Å². The molecule has 0 saturated carbocycles. The molecule has 2 heterocycles. The molecule has 192 valence electrons. The lowest BCUT2D eigenvalue weighted by molar-refractivity contribution is 0.0964. The van der Waals surface area contributed by atoms with E-state index < -0.39 is 0 Å². The zero-order valence-corrected chi connectivity index (χ0v) is 21.4. The van der Waals surface area contributed by atoms with Crippen LogP contribution in [0.5, 0.6) is 11.5 Å². The Morgan fingerprint density at radius 2 is 1.75 bits per heavy atom. The average molecular weight is 493 g/mol. The molecule has 0 atom stereocenters. The summed E-state index contributed by atoms with van der Waals surface area (Å²) in [5, 5.41) is 7.05. The van der Waals surface area contributed by atoms with Gasteiger partial charge in [0.05, 0.1) is 24.8 Å². The van der Waals surface area contributed by atoms with Crippen LogP contribution >= 0.6 is 0 Å². The van der Waals surface area contributed by atoms with E-state index in [2.05, 4.69) is 27.7 Å². The maximum absolute atomic E-state index is 13.0. The van der Waals surface area contributed by atoms with Crippen molar-refractivity contribution in [2.24, 2.45) is 0 Å². The number of pyridine rings is 1. The molecule has 1 aliphatic rings. The number of amides is 1. The standard InChI is InChI=1S/C28H36N4O4/c1-4-36-22-7-5-20(6-8-22)19-30-21-11-13-31(14-12-21)15-16-32-26-17-23(35-3)9-10-24(26)25(18-27(32)33)28(34)29-2/h5-10,17-18,21,30H,4,11-16,19H2,1-3H3,(H,29,34). The van der Waals surface area contributed by atoms with Gasteiger partial charge in [-0.2, -0.15) is 0 Å². The maximum Gasteiger partial charge on any atom is 0.251 e. The molecule has 3 aromatic rings. The topological polar surface area (TPSA) is 84.8 Å². The predicted octanol–water partition coefficient (Wildman–Crippen LogP) is 3.02. The van der Waals surface area contributed by atoms with E-state index >= 15 is 0 Å². The van der Waals surface area contributed by atoms with Crippen LogP contribution < -0.4 is 25.7 Å². The second kappa shape index (κ2) is 12.1. The number of hydrogen-bond acceptors (Lipinski definition) is 6. The third-order valence-electron chi connectivity index (χ3n) is 6.85. The summed E-state index contributed by atoms with van der Waals surface area (Å²) in [4.78, 5) is 27.7. The first-order chi connectivity index (χ1) is 17.5. The summed E-state index contributed by atoms with van der Waals surface area (Å²) in [5.74, 6) is 1.29. The Balaban J connectivity index is 1.35. The monoisotopic (exact) mass is 492 g/mol. The molecule has 1 aliphatic heterocycles. The molecular weight excluding hydrogens is 456 g/mol. The van der Waals surface area contributed by atoms with Crippen LogP contribution in [0.1, 0.15) is 35.7 Å². The molecule has 36 heavy (non-hydrogen) atoms. The molecule has 4 rings (SSSR count). The summed E-state index contributed by atoms with van der Waals surface area (Å²) in [6, 6.07) is 15.7. The van der Waals surface area contributed by atoms with Crippen LogP contribution in [0, 0.1) is 0 Å². The van der Waals surface area contributed by atoms with Crippen LogP contribution in [0.15, 0.2) is 53.3 Å². The molecule has 0 unspecified atom stereocenters. The van der Waals surface area contributed by atoms with Gasteiger partial charge in [0.15, 0.2) is 0 Å². The molecule has 2 N–H and O–H groups in total. The molecule has 0 aliphatic carbocycles. The molecule has 1 saturated heterocycles. The number of nitrogens with zero attached hydrogens (tertiary/aromatic N) is 2. The van der Waals surface area contributed by atoms with E-state index in [1.54, 1.807) is 18.7 Å². The summed E-state index contributed by atoms with van der Waals surface area (Å²) in [6.45, 7) is 6.80. The van der Waals surface area contributed by atoms with Crippen molar-refractivity contribution in [2.75, 3.05) is 40.4 Å². The minimum Gasteiger partial charge on any atom is -0.497 e. The third kappa shape index (κ3) is 6.06. The highest BCUT2D eigenvalue weighted by molar-refractivity contribution is 6.06. The third-order valence-corrected chi connectivity index (χ3v) is 6.85. The van der Waals surface area contributed by atoms with Gasteiger partial charge in [0.25, 0.3) is 11.5 Å². The Kier molecular flexibility index (Phi) is 8.61. The van der Waals surface area contributed by atoms with Gasteiger partial charge < -0.3 is 29.6 Å². The number of ether oxygens (including phenoxy) is 2. The van der Waals surface area contributed by atoms with E-state index in [1.165, 1.54) is 11.6 Å². The molecule has 8 nitrogen and oxygen atoms in total. The molecule has 2 aromatic carbocycles. The second-order valence-electron chi connectivity index (χ2n) is 9.08. The average Bonchev–Trinajstić information content (AvgIpc) is 2.91. The van der Waals surface area contributed by atoms with Gasteiger partial charge in [-0.25, -0.2) is 0 Å². The van der Waals surface area contributed by atoms with Crippen LogP contribution in [0.3, 0.4) is 0 Å². The van der Waals surface area contributed by atoms with Crippen molar-refractivity contribution in [2.45, 2.75) is 38.9 Å². The van der Waals surface area contributed by atoms with Crippen molar-refractivity contribution in [1.29, 1.82) is 0 Å². The van der Waals surface area contributed by atoms with Crippen molar-refractivity contribution in [1.82, 2.24) is 20.1 Å². The van der Waals surface area contributed by atoms with Gasteiger partial charge in [-0.15, -0.1) is 0 Å². The highest BCUT2D eigenvalue weighted by Gasteiger charge is 2.20. The highest BCUT2D eigenvalue weighted by Crippen LogP contribution is 2.23. The van der Waals surface area contributed by atoms with Gasteiger partial charge in [-0.1, -0.05) is 12.1 Å². The molecule has 1 amide bonds. The zero-order chi connectivity index (χ0) is 25.5.